The molecule has 0 fully saturated rings. The van der Waals surface area contributed by atoms with Crippen LogP contribution in [0.15, 0.2) is 24.3 Å². The van der Waals surface area contributed by atoms with Crippen molar-refractivity contribution in [2.75, 3.05) is 6.54 Å². The van der Waals surface area contributed by atoms with E-state index in [2.05, 4.69) is 30.7 Å². The predicted molar refractivity (Wildman–Crippen MR) is 69.9 cm³/mol. The summed E-state index contributed by atoms with van der Waals surface area (Å²) in [5, 5.41) is 1.99. The van der Waals surface area contributed by atoms with Crippen LogP contribution in [0.5, 0.6) is 0 Å². The molecule has 2 nitrogen and oxygen atoms in total. The number of rotatable bonds is 3. The average Bonchev–Trinajstić information content (AvgIpc) is 2.55. The third-order valence-corrected chi connectivity index (χ3v) is 3.30. The second-order valence-electron chi connectivity index (χ2n) is 4.44. The van der Waals surface area contributed by atoms with Crippen molar-refractivity contribution in [3.8, 4) is 0 Å². The molecular weight excluding hydrogens is 220 g/mol. The van der Waals surface area contributed by atoms with Gasteiger partial charge in [-0.15, -0.1) is 0 Å². The van der Waals surface area contributed by atoms with Gasteiger partial charge in [-0.1, -0.05) is 18.5 Å². The summed E-state index contributed by atoms with van der Waals surface area (Å²) in [5.74, 6) is 0.512. The molecule has 1 atom stereocenters. The Labute approximate surface area is 101 Å². The van der Waals surface area contributed by atoms with E-state index in [0.29, 0.717) is 5.92 Å². The first-order chi connectivity index (χ1) is 7.61. The van der Waals surface area contributed by atoms with Crippen LogP contribution in [-0.2, 0) is 13.5 Å². The van der Waals surface area contributed by atoms with Crippen molar-refractivity contribution >= 4 is 22.5 Å². The van der Waals surface area contributed by atoms with Gasteiger partial charge in [-0.3, -0.25) is 0 Å². The molecule has 16 heavy (non-hydrogen) atoms. The van der Waals surface area contributed by atoms with Gasteiger partial charge in [0.25, 0.3) is 0 Å². The van der Waals surface area contributed by atoms with E-state index in [0.717, 1.165) is 18.0 Å². The molecule has 0 saturated heterocycles. The van der Waals surface area contributed by atoms with E-state index in [9.17, 15) is 0 Å². The number of fused-ring (bicyclic) bond motifs is 1. The largest absolute Gasteiger partial charge is 0.348 e. The predicted octanol–water partition coefficient (Wildman–Crippen LogP) is 2.97. The molecule has 2 aromatic rings. The van der Waals surface area contributed by atoms with Gasteiger partial charge in [-0.25, -0.2) is 0 Å². The van der Waals surface area contributed by atoms with Crippen LogP contribution in [0.3, 0.4) is 0 Å². The lowest BCUT2D eigenvalue weighted by Crippen LogP contribution is -2.14. The summed E-state index contributed by atoms with van der Waals surface area (Å²) in [6.45, 7) is 2.90. The van der Waals surface area contributed by atoms with Gasteiger partial charge in [-0.05, 0) is 43.1 Å². The van der Waals surface area contributed by atoms with E-state index in [1.165, 1.54) is 16.6 Å². The fourth-order valence-electron chi connectivity index (χ4n) is 2.01. The minimum Gasteiger partial charge on any atom is -0.348 e. The van der Waals surface area contributed by atoms with Crippen LogP contribution in [-0.4, -0.2) is 11.1 Å². The number of nitrogens with zero attached hydrogens (tertiary/aromatic N) is 1. The minimum atomic E-state index is 0.512. The van der Waals surface area contributed by atoms with Gasteiger partial charge in [0, 0.05) is 28.7 Å². The second-order valence-corrected chi connectivity index (χ2v) is 4.88. The van der Waals surface area contributed by atoms with E-state index in [1.807, 2.05) is 12.1 Å². The monoisotopic (exact) mass is 236 g/mol. The first kappa shape index (κ1) is 11.5. The maximum atomic E-state index is 5.98. The third-order valence-electron chi connectivity index (χ3n) is 3.06. The molecule has 86 valence electrons. The zero-order valence-electron chi connectivity index (χ0n) is 9.70. The van der Waals surface area contributed by atoms with Gasteiger partial charge in [-0.2, -0.15) is 0 Å². The van der Waals surface area contributed by atoms with E-state index < -0.39 is 0 Å². The topological polar surface area (TPSA) is 30.9 Å². The van der Waals surface area contributed by atoms with Gasteiger partial charge >= 0.3 is 0 Å². The lowest BCUT2D eigenvalue weighted by atomic mass is 10.1. The summed E-state index contributed by atoms with van der Waals surface area (Å²) in [5.41, 5.74) is 8.20. The molecule has 1 aromatic carbocycles. The Kier molecular flexibility index (Phi) is 3.22. The standard InChI is InChI=1S/C13H17ClN2/c1-9(8-15)5-12-7-10-6-11(14)3-4-13(10)16(12)2/h3-4,6-7,9H,5,8,15H2,1-2H3. The first-order valence-corrected chi connectivity index (χ1v) is 5.93. The van der Waals surface area contributed by atoms with Crippen molar-refractivity contribution < 1.29 is 0 Å². The molecule has 0 saturated carbocycles. The normalized spacial score (nSPS) is 13.2. The van der Waals surface area contributed by atoms with Crippen molar-refractivity contribution in [3.05, 3.63) is 35.0 Å². The van der Waals surface area contributed by atoms with Crippen molar-refractivity contribution in [2.45, 2.75) is 13.3 Å². The fraction of sp³-hybridized carbons (Fsp3) is 0.385. The summed E-state index contributed by atoms with van der Waals surface area (Å²) in [4.78, 5) is 0. The van der Waals surface area contributed by atoms with Gasteiger partial charge in [0.1, 0.15) is 0 Å². The Morgan fingerprint density at radius 2 is 2.12 bits per heavy atom. The molecule has 2 N–H and O–H groups in total. The number of aryl methyl sites for hydroxylation is 1. The van der Waals surface area contributed by atoms with Crippen molar-refractivity contribution in [3.63, 3.8) is 0 Å². The minimum absolute atomic E-state index is 0.512. The fourth-order valence-corrected chi connectivity index (χ4v) is 2.19. The summed E-state index contributed by atoms with van der Waals surface area (Å²) < 4.78 is 2.22. The first-order valence-electron chi connectivity index (χ1n) is 5.55. The van der Waals surface area contributed by atoms with E-state index in [4.69, 9.17) is 17.3 Å². The molecule has 1 heterocycles. The Bertz CT molecular complexity index is 502. The number of benzene rings is 1. The molecule has 0 amide bonds. The van der Waals surface area contributed by atoms with Gasteiger partial charge in [0.05, 0.1) is 0 Å². The smallest absolute Gasteiger partial charge is 0.0480 e. The van der Waals surface area contributed by atoms with Crippen LogP contribution in [0.2, 0.25) is 5.02 Å². The highest BCUT2D eigenvalue weighted by Crippen LogP contribution is 2.23. The third kappa shape index (κ3) is 2.08. The lowest BCUT2D eigenvalue weighted by molar-refractivity contribution is 0.574. The van der Waals surface area contributed by atoms with Gasteiger partial charge < -0.3 is 10.3 Å². The van der Waals surface area contributed by atoms with Crippen LogP contribution in [0.4, 0.5) is 0 Å². The Hall–Kier alpha value is -0.990. The SMILES string of the molecule is CC(CN)Cc1cc2cc(Cl)ccc2n1C. The summed E-state index contributed by atoms with van der Waals surface area (Å²) in [6.07, 6.45) is 1.01. The van der Waals surface area contributed by atoms with E-state index in [-0.39, 0.29) is 0 Å². The van der Waals surface area contributed by atoms with Crippen LogP contribution in [0.25, 0.3) is 10.9 Å². The molecule has 0 aliphatic rings. The molecular formula is C13H17ClN2. The van der Waals surface area contributed by atoms with Gasteiger partial charge in [0.15, 0.2) is 0 Å². The summed E-state index contributed by atoms with van der Waals surface area (Å²) in [7, 11) is 2.09. The second kappa shape index (κ2) is 4.48. The number of nitrogens with two attached hydrogens (primary N) is 1. The van der Waals surface area contributed by atoms with Crippen LogP contribution < -0.4 is 5.73 Å². The van der Waals surface area contributed by atoms with E-state index >= 15 is 0 Å². The van der Waals surface area contributed by atoms with Gasteiger partial charge in [0.2, 0.25) is 0 Å². The molecule has 0 aliphatic carbocycles. The molecule has 0 aliphatic heterocycles. The number of hydrogen-bond acceptors (Lipinski definition) is 1. The Balaban J connectivity index is 2.43. The maximum absolute atomic E-state index is 5.98. The zero-order chi connectivity index (χ0) is 11.7. The average molecular weight is 237 g/mol. The van der Waals surface area contributed by atoms with Crippen molar-refractivity contribution in [1.82, 2.24) is 4.57 Å². The summed E-state index contributed by atoms with van der Waals surface area (Å²) >= 11 is 5.98. The molecule has 0 spiro atoms. The summed E-state index contributed by atoms with van der Waals surface area (Å²) in [6, 6.07) is 8.20. The van der Waals surface area contributed by atoms with E-state index in [1.54, 1.807) is 0 Å². The van der Waals surface area contributed by atoms with Crippen molar-refractivity contribution in [1.29, 1.82) is 0 Å². The number of hydrogen-bond donors (Lipinski definition) is 1. The molecule has 0 bridgehead atoms. The Morgan fingerprint density at radius 3 is 2.81 bits per heavy atom. The van der Waals surface area contributed by atoms with Crippen LogP contribution in [0.1, 0.15) is 12.6 Å². The Morgan fingerprint density at radius 1 is 1.38 bits per heavy atom. The number of halogens is 1. The quantitative estimate of drug-likeness (QED) is 0.873. The highest BCUT2D eigenvalue weighted by Gasteiger charge is 2.08. The maximum Gasteiger partial charge on any atom is 0.0480 e. The van der Waals surface area contributed by atoms with Crippen LogP contribution >= 0.6 is 11.6 Å². The lowest BCUT2D eigenvalue weighted by Gasteiger charge is -2.09. The highest BCUT2D eigenvalue weighted by atomic mass is 35.5. The molecule has 1 aromatic heterocycles. The highest BCUT2D eigenvalue weighted by molar-refractivity contribution is 6.31. The zero-order valence-corrected chi connectivity index (χ0v) is 10.5. The van der Waals surface area contributed by atoms with Crippen LogP contribution in [0, 0.1) is 5.92 Å². The molecule has 3 heteroatoms. The molecule has 1 unspecified atom stereocenters. The molecule has 2 rings (SSSR count). The number of aromatic nitrogens is 1. The van der Waals surface area contributed by atoms with Crippen molar-refractivity contribution in [2.24, 2.45) is 18.7 Å². The molecule has 0 radical (unpaired) electrons.